The van der Waals surface area contributed by atoms with E-state index in [1.165, 1.54) is 21.0 Å². The van der Waals surface area contributed by atoms with E-state index in [1.807, 2.05) is 6.07 Å². The summed E-state index contributed by atoms with van der Waals surface area (Å²) in [5, 5.41) is 22.5. The number of imidazole rings is 1. The molecule has 3 aromatic rings. The van der Waals surface area contributed by atoms with Gasteiger partial charge in [-0.25, -0.2) is 22.9 Å². The summed E-state index contributed by atoms with van der Waals surface area (Å²) in [6, 6.07) is 6.45. The lowest BCUT2D eigenvalue weighted by Crippen LogP contribution is -2.60. The number of benzene rings is 1. The molecule has 0 unspecified atom stereocenters. The van der Waals surface area contributed by atoms with Crippen LogP contribution in [0.5, 0.6) is 0 Å². The van der Waals surface area contributed by atoms with Crippen LogP contribution in [0.1, 0.15) is 32.8 Å². The van der Waals surface area contributed by atoms with Crippen LogP contribution in [0.3, 0.4) is 0 Å². The lowest BCUT2D eigenvalue weighted by Gasteiger charge is -2.41. The average Bonchev–Trinajstić information content (AvgIpc) is 3.05. The van der Waals surface area contributed by atoms with Gasteiger partial charge in [-0.15, -0.1) is 0 Å². The van der Waals surface area contributed by atoms with E-state index < -0.39 is 29.3 Å². The molecule has 1 aliphatic heterocycles. The number of nitrogens with zero attached hydrogens (tertiary/aromatic N) is 5. The number of nitrogens with two attached hydrogens (primary N) is 1. The van der Waals surface area contributed by atoms with Crippen molar-refractivity contribution >= 4 is 28.4 Å². The third-order valence-corrected chi connectivity index (χ3v) is 6.79. The SMILES string of the molecule is C[C@H]1CN(c2nc(Nc3ccc4c(c3)n(CCC(C)(C)O)c(=O)n4C)c(F)cc2C#N)C[C@@H](N)C1(F)F. The highest BCUT2D eigenvalue weighted by atomic mass is 19.3. The molecule has 1 aliphatic rings. The number of hydrogen-bond acceptors (Lipinski definition) is 7. The van der Waals surface area contributed by atoms with Crippen molar-refractivity contribution in [3.8, 4) is 6.07 Å². The Labute approximate surface area is 211 Å². The van der Waals surface area contributed by atoms with Crippen molar-refractivity contribution in [1.82, 2.24) is 14.1 Å². The number of pyridine rings is 1. The Bertz CT molecular complexity index is 1420. The summed E-state index contributed by atoms with van der Waals surface area (Å²) in [5.41, 5.74) is 6.04. The minimum Gasteiger partial charge on any atom is -0.390 e. The standard InChI is InChI=1S/C25H30F3N7O2/c1-14-12-34(13-20(30)25(14,27)28)22-15(11-29)9-17(26)21(32-22)31-16-5-6-18-19(10-16)35(23(36)33(18)4)8-7-24(2,3)37/h5-6,9-10,14,20,37H,7-8,12-13,30H2,1-4H3,(H,31,32)/t14-,20+/m0/s1. The number of aliphatic hydroxyl groups is 1. The van der Waals surface area contributed by atoms with Gasteiger partial charge in [0.05, 0.1) is 28.2 Å². The van der Waals surface area contributed by atoms with Crippen LogP contribution in [0, 0.1) is 23.1 Å². The molecule has 1 saturated heterocycles. The molecule has 4 N–H and O–H groups in total. The van der Waals surface area contributed by atoms with E-state index in [0.717, 1.165) is 6.07 Å². The van der Waals surface area contributed by atoms with Gasteiger partial charge in [-0.1, -0.05) is 6.92 Å². The van der Waals surface area contributed by atoms with Gasteiger partial charge in [0.15, 0.2) is 11.6 Å². The normalized spacial score (nSPS) is 19.7. The molecule has 0 spiro atoms. The molecule has 9 nitrogen and oxygen atoms in total. The lowest BCUT2D eigenvalue weighted by atomic mass is 9.91. The van der Waals surface area contributed by atoms with Crippen molar-refractivity contribution in [2.75, 3.05) is 23.3 Å². The molecule has 1 fully saturated rings. The van der Waals surface area contributed by atoms with Gasteiger partial charge in [-0.05, 0) is 44.5 Å². The van der Waals surface area contributed by atoms with E-state index in [1.54, 1.807) is 39.1 Å². The Morgan fingerprint density at radius 1 is 1.30 bits per heavy atom. The Balaban J connectivity index is 1.70. The number of nitrogens with one attached hydrogen (secondary N) is 1. The highest BCUT2D eigenvalue weighted by Crippen LogP contribution is 2.36. The largest absolute Gasteiger partial charge is 0.390 e. The summed E-state index contributed by atoms with van der Waals surface area (Å²) in [6.07, 6.45) is 0.342. The monoisotopic (exact) mass is 517 g/mol. The molecule has 2 atom stereocenters. The van der Waals surface area contributed by atoms with Crippen molar-refractivity contribution in [1.29, 1.82) is 5.26 Å². The number of piperidine rings is 1. The zero-order valence-electron chi connectivity index (χ0n) is 21.1. The molecule has 198 valence electrons. The van der Waals surface area contributed by atoms with Crippen molar-refractivity contribution in [3.63, 3.8) is 0 Å². The maximum Gasteiger partial charge on any atom is 0.328 e. The van der Waals surface area contributed by atoms with E-state index in [2.05, 4.69) is 10.3 Å². The number of aryl methyl sites for hydroxylation is 2. The Hall–Kier alpha value is -3.56. The van der Waals surface area contributed by atoms with Gasteiger partial charge < -0.3 is 21.1 Å². The topological polar surface area (TPSA) is 125 Å². The van der Waals surface area contributed by atoms with Crippen LogP contribution in [0.2, 0.25) is 0 Å². The van der Waals surface area contributed by atoms with E-state index in [9.17, 15) is 28.3 Å². The molecule has 37 heavy (non-hydrogen) atoms. The minimum absolute atomic E-state index is 0.0621. The third kappa shape index (κ3) is 5.01. The van der Waals surface area contributed by atoms with E-state index in [0.29, 0.717) is 23.1 Å². The average molecular weight is 518 g/mol. The van der Waals surface area contributed by atoms with Gasteiger partial charge in [0.25, 0.3) is 5.92 Å². The van der Waals surface area contributed by atoms with Gasteiger partial charge in [0.1, 0.15) is 11.9 Å². The van der Waals surface area contributed by atoms with E-state index in [-0.39, 0.29) is 42.5 Å². The molecule has 12 heteroatoms. The molecule has 0 radical (unpaired) electrons. The quantitative estimate of drug-likeness (QED) is 0.459. The molecular formula is C25H30F3N7O2. The van der Waals surface area contributed by atoms with Crippen molar-refractivity contribution in [2.45, 2.75) is 51.3 Å². The zero-order valence-corrected chi connectivity index (χ0v) is 21.1. The second kappa shape index (κ2) is 9.39. The molecular weight excluding hydrogens is 487 g/mol. The number of aromatic nitrogens is 3. The van der Waals surface area contributed by atoms with Crippen LogP contribution in [0.15, 0.2) is 29.1 Å². The first-order chi connectivity index (χ1) is 17.2. The molecule has 4 rings (SSSR count). The van der Waals surface area contributed by atoms with E-state index >= 15 is 0 Å². The fraction of sp³-hybridized carbons (Fsp3) is 0.480. The molecule has 1 aromatic carbocycles. The van der Waals surface area contributed by atoms with Gasteiger partial charge in [0.2, 0.25) is 0 Å². The molecule has 0 bridgehead atoms. The zero-order chi connectivity index (χ0) is 27.3. The Morgan fingerprint density at radius 2 is 2.00 bits per heavy atom. The van der Waals surface area contributed by atoms with Crippen LogP contribution in [-0.2, 0) is 13.6 Å². The first-order valence-corrected chi connectivity index (χ1v) is 11.9. The number of hydrogen-bond donors (Lipinski definition) is 3. The number of rotatable bonds is 6. The molecule has 0 saturated carbocycles. The van der Waals surface area contributed by atoms with Crippen LogP contribution in [-0.4, -0.2) is 49.9 Å². The summed E-state index contributed by atoms with van der Waals surface area (Å²) >= 11 is 0. The molecule has 2 aromatic heterocycles. The fourth-order valence-corrected chi connectivity index (χ4v) is 4.54. The van der Waals surface area contributed by atoms with Crippen molar-refractivity contribution in [2.24, 2.45) is 18.7 Å². The molecule has 0 aliphatic carbocycles. The summed E-state index contributed by atoms with van der Waals surface area (Å²) in [4.78, 5) is 18.5. The second-order valence-corrected chi connectivity index (χ2v) is 10.3. The van der Waals surface area contributed by atoms with Gasteiger partial charge in [-0.3, -0.25) is 9.13 Å². The number of nitriles is 1. The van der Waals surface area contributed by atoms with Gasteiger partial charge in [0, 0.05) is 38.3 Å². The predicted octanol–water partition coefficient (Wildman–Crippen LogP) is 3.07. The number of anilines is 3. The predicted molar refractivity (Wildman–Crippen MR) is 135 cm³/mol. The summed E-state index contributed by atoms with van der Waals surface area (Å²) in [5.74, 6) is -5.10. The summed E-state index contributed by atoms with van der Waals surface area (Å²) in [6.45, 7) is 4.61. The lowest BCUT2D eigenvalue weighted by molar-refractivity contribution is -0.0807. The number of alkyl halides is 2. The summed E-state index contributed by atoms with van der Waals surface area (Å²) in [7, 11) is 1.64. The number of fused-ring (bicyclic) bond motifs is 1. The third-order valence-electron chi connectivity index (χ3n) is 6.79. The maximum absolute atomic E-state index is 14.9. The van der Waals surface area contributed by atoms with Crippen LogP contribution >= 0.6 is 0 Å². The van der Waals surface area contributed by atoms with Crippen LogP contribution in [0.25, 0.3) is 11.0 Å². The van der Waals surface area contributed by atoms with Crippen molar-refractivity contribution < 1.29 is 18.3 Å². The smallest absolute Gasteiger partial charge is 0.328 e. The molecule has 3 heterocycles. The Kier molecular flexibility index (Phi) is 6.73. The van der Waals surface area contributed by atoms with Crippen LogP contribution < -0.4 is 21.6 Å². The minimum atomic E-state index is -3.07. The highest BCUT2D eigenvalue weighted by molar-refractivity contribution is 5.81. The Morgan fingerprint density at radius 3 is 2.62 bits per heavy atom. The number of halogens is 3. The fourth-order valence-electron chi connectivity index (χ4n) is 4.54. The second-order valence-electron chi connectivity index (χ2n) is 10.3. The highest BCUT2D eigenvalue weighted by Gasteiger charge is 2.48. The summed E-state index contributed by atoms with van der Waals surface area (Å²) < 4.78 is 46.5. The molecule has 0 amide bonds. The maximum atomic E-state index is 14.9. The van der Waals surface area contributed by atoms with Gasteiger partial charge >= 0.3 is 5.69 Å². The first kappa shape index (κ1) is 26.5. The first-order valence-electron chi connectivity index (χ1n) is 11.9. The van der Waals surface area contributed by atoms with Crippen molar-refractivity contribution in [3.05, 3.63) is 46.1 Å². The van der Waals surface area contributed by atoms with Crippen LogP contribution in [0.4, 0.5) is 30.5 Å². The van der Waals surface area contributed by atoms with Gasteiger partial charge in [-0.2, -0.15) is 5.26 Å². The van der Waals surface area contributed by atoms with E-state index in [4.69, 9.17) is 5.73 Å².